The quantitative estimate of drug-likeness (QED) is 0.906. The average Bonchev–Trinajstić information content (AvgIpc) is 2.41. The number of aryl methyl sites for hydroxylation is 2. The van der Waals surface area contributed by atoms with Gasteiger partial charge in [0.05, 0.1) is 22.9 Å². The van der Waals surface area contributed by atoms with Crippen molar-refractivity contribution in [2.75, 3.05) is 5.32 Å². The fourth-order valence-corrected chi connectivity index (χ4v) is 2.09. The number of amides is 2. The van der Waals surface area contributed by atoms with Crippen molar-refractivity contribution in [2.24, 2.45) is 0 Å². The minimum Gasteiger partial charge on any atom is -0.332 e. The molecule has 0 atom stereocenters. The molecule has 2 aromatic rings. The van der Waals surface area contributed by atoms with Gasteiger partial charge >= 0.3 is 6.03 Å². The van der Waals surface area contributed by atoms with E-state index in [2.05, 4.69) is 15.6 Å². The van der Waals surface area contributed by atoms with Crippen LogP contribution >= 0.6 is 11.6 Å². The first-order valence-electron chi connectivity index (χ1n) is 6.29. The molecule has 5 heteroatoms. The topological polar surface area (TPSA) is 54.0 Å². The van der Waals surface area contributed by atoms with Crippen molar-refractivity contribution in [3.05, 3.63) is 58.4 Å². The van der Waals surface area contributed by atoms with Gasteiger partial charge in [-0.1, -0.05) is 29.8 Å². The van der Waals surface area contributed by atoms with E-state index in [9.17, 15) is 4.79 Å². The highest BCUT2D eigenvalue weighted by Gasteiger charge is 2.08. The van der Waals surface area contributed by atoms with Crippen molar-refractivity contribution >= 4 is 23.3 Å². The number of halogens is 1. The molecule has 4 nitrogen and oxygen atoms in total. The Morgan fingerprint density at radius 3 is 2.65 bits per heavy atom. The zero-order chi connectivity index (χ0) is 14.5. The molecule has 2 rings (SSSR count). The van der Waals surface area contributed by atoms with Gasteiger partial charge in [0.1, 0.15) is 0 Å². The summed E-state index contributed by atoms with van der Waals surface area (Å²) in [6.45, 7) is 4.18. The second-order valence-corrected chi connectivity index (χ2v) is 4.92. The fraction of sp³-hybridized carbons (Fsp3) is 0.200. The van der Waals surface area contributed by atoms with Crippen LogP contribution in [-0.2, 0) is 6.54 Å². The first-order valence-corrected chi connectivity index (χ1v) is 6.66. The Labute approximate surface area is 123 Å². The van der Waals surface area contributed by atoms with Crippen LogP contribution in [0.15, 0.2) is 36.4 Å². The molecule has 104 valence electrons. The Morgan fingerprint density at radius 1 is 1.20 bits per heavy atom. The number of nitrogens with zero attached hydrogens (tertiary/aromatic N) is 1. The van der Waals surface area contributed by atoms with Crippen molar-refractivity contribution in [3.63, 3.8) is 0 Å². The maximum absolute atomic E-state index is 11.9. The highest BCUT2D eigenvalue weighted by atomic mass is 35.5. The highest BCUT2D eigenvalue weighted by molar-refractivity contribution is 6.33. The molecule has 1 aromatic carbocycles. The normalized spacial score (nSPS) is 10.2. The van der Waals surface area contributed by atoms with E-state index in [1.54, 1.807) is 6.07 Å². The first kappa shape index (κ1) is 14.3. The number of anilines is 1. The molecule has 2 amide bonds. The summed E-state index contributed by atoms with van der Waals surface area (Å²) in [4.78, 5) is 16.2. The third kappa shape index (κ3) is 3.71. The van der Waals surface area contributed by atoms with Gasteiger partial charge in [-0.25, -0.2) is 4.79 Å². The molecule has 0 aliphatic carbocycles. The molecular formula is C15H16ClN3O. The summed E-state index contributed by atoms with van der Waals surface area (Å²) in [6.07, 6.45) is 0. The maximum atomic E-state index is 11.9. The Balaban J connectivity index is 1.96. The second-order valence-electron chi connectivity index (χ2n) is 4.51. The molecule has 0 unspecified atom stereocenters. The molecular weight excluding hydrogens is 274 g/mol. The zero-order valence-electron chi connectivity index (χ0n) is 11.4. The second kappa shape index (κ2) is 6.39. The summed E-state index contributed by atoms with van der Waals surface area (Å²) >= 11 is 6.06. The lowest BCUT2D eigenvalue weighted by molar-refractivity contribution is 0.251. The lowest BCUT2D eigenvalue weighted by Gasteiger charge is -2.11. The molecule has 0 saturated carbocycles. The van der Waals surface area contributed by atoms with Crippen molar-refractivity contribution in [3.8, 4) is 0 Å². The number of urea groups is 1. The predicted octanol–water partition coefficient (Wildman–Crippen LogP) is 3.67. The van der Waals surface area contributed by atoms with E-state index < -0.39 is 0 Å². The van der Waals surface area contributed by atoms with Crippen LogP contribution < -0.4 is 10.6 Å². The molecule has 20 heavy (non-hydrogen) atoms. The van der Waals surface area contributed by atoms with Gasteiger partial charge in [-0.15, -0.1) is 0 Å². The SMILES string of the molecule is Cc1cccc(CNC(=O)Nc2c(C)cccc2Cl)n1. The van der Waals surface area contributed by atoms with E-state index in [4.69, 9.17) is 11.6 Å². The number of carbonyl (C=O) groups excluding carboxylic acids is 1. The minimum absolute atomic E-state index is 0.301. The van der Waals surface area contributed by atoms with Crippen molar-refractivity contribution < 1.29 is 4.79 Å². The van der Waals surface area contributed by atoms with E-state index in [0.29, 0.717) is 17.3 Å². The van der Waals surface area contributed by atoms with Crippen LogP contribution in [0.1, 0.15) is 17.0 Å². The molecule has 0 spiro atoms. The molecule has 2 N–H and O–H groups in total. The van der Waals surface area contributed by atoms with E-state index in [0.717, 1.165) is 17.0 Å². The zero-order valence-corrected chi connectivity index (χ0v) is 12.2. The lowest BCUT2D eigenvalue weighted by atomic mass is 10.2. The van der Waals surface area contributed by atoms with Gasteiger partial charge in [-0.3, -0.25) is 4.98 Å². The van der Waals surface area contributed by atoms with Gasteiger partial charge in [-0.2, -0.15) is 0 Å². The maximum Gasteiger partial charge on any atom is 0.319 e. The number of rotatable bonds is 3. The summed E-state index contributed by atoms with van der Waals surface area (Å²) < 4.78 is 0. The number of para-hydroxylation sites is 1. The largest absolute Gasteiger partial charge is 0.332 e. The number of nitrogens with one attached hydrogen (secondary N) is 2. The number of hydrogen-bond acceptors (Lipinski definition) is 2. The molecule has 0 bridgehead atoms. The smallest absolute Gasteiger partial charge is 0.319 e. The lowest BCUT2D eigenvalue weighted by Crippen LogP contribution is -2.29. The number of pyridine rings is 1. The number of aromatic nitrogens is 1. The standard InChI is InChI=1S/C15H16ClN3O/c1-10-5-3-8-13(16)14(10)19-15(20)17-9-12-7-4-6-11(2)18-12/h3-8H,9H2,1-2H3,(H2,17,19,20). The summed E-state index contributed by atoms with van der Waals surface area (Å²) in [5, 5.41) is 6.03. The van der Waals surface area contributed by atoms with Gasteiger partial charge in [0, 0.05) is 5.69 Å². The number of benzene rings is 1. The highest BCUT2D eigenvalue weighted by Crippen LogP contribution is 2.24. The predicted molar refractivity (Wildman–Crippen MR) is 81.0 cm³/mol. The molecule has 0 aliphatic rings. The van der Waals surface area contributed by atoms with Crippen LogP contribution in [0.3, 0.4) is 0 Å². The Morgan fingerprint density at radius 2 is 1.95 bits per heavy atom. The molecule has 0 aliphatic heterocycles. The van der Waals surface area contributed by atoms with Crippen LogP contribution in [0.5, 0.6) is 0 Å². The van der Waals surface area contributed by atoms with Crippen molar-refractivity contribution in [1.82, 2.24) is 10.3 Å². The Hall–Kier alpha value is -2.07. The Bertz CT molecular complexity index is 608. The summed E-state index contributed by atoms with van der Waals surface area (Å²) in [7, 11) is 0. The summed E-state index contributed by atoms with van der Waals surface area (Å²) in [5.41, 5.74) is 3.29. The van der Waals surface area contributed by atoms with Crippen LogP contribution in [0, 0.1) is 13.8 Å². The summed E-state index contributed by atoms with van der Waals surface area (Å²) in [6, 6.07) is 10.9. The van der Waals surface area contributed by atoms with Crippen LogP contribution in [0.2, 0.25) is 5.02 Å². The fourth-order valence-electron chi connectivity index (χ4n) is 1.82. The minimum atomic E-state index is -0.301. The first-order chi connectivity index (χ1) is 9.56. The third-order valence-corrected chi connectivity index (χ3v) is 3.15. The average molecular weight is 290 g/mol. The Kier molecular flexibility index (Phi) is 4.58. The van der Waals surface area contributed by atoms with Crippen molar-refractivity contribution in [1.29, 1.82) is 0 Å². The molecule has 0 radical (unpaired) electrons. The van der Waals surface area contributed by atoms with Crippen LogP contribution in [0.25, 0.3) is 0 Å². The van der Waals surface area contributed by atoms with Gasteiger partial charge in [0.15, 0.2) is 0 Å². The number of hydrogen-bond donors (Lipinski definition) is 2. The van der Waals surface area contributed by atoms with E-state index >= 15 is 0 Å². The van der Waals surface area contributed by atoms with Gasteiger partial charge < -0.3 is 10.6 Å². The molecule has 1 heterocycles. The van der Waals surface area contributed by atoms with E-state index in [-0.39, 0.29) is 6.03 Å². The van der Waals surface area contributed by atoms with E-state index in [1.807, 2.05) is 44.2 Å². The third-order valence-electron chi connectivity index (χ3n) is 2.84. The van der Waals surface area contributed by atoms with Crippen molar-refractivity contribution in [2.45, 2.75) is 20.4 Å². The molecule has 1 aromatic heterocycles. The monoisotopic (exact) mass is 289 g/mol. The van der Waals surface area contributed by atoms with Gasteiger partial charge in [0.25, 0.3) is 0 Å². The van der Waals surface area contributed by atoms with Crippen LogP contribution in [-0.4, -0.2) is 11.0 Å². The van der Waals surface area contributed by atoms with E-state index in [1.165, 1.54) is 0 Å². The van der Waals surface area contributed by atoms with Gasteiger partial charge in [0.2, 0.25) is 0 Å². The van der Waals surface area contributed by atoms with Crippen LogP contribution in [0.4, 0.5) is 10.5 Å². The van der Waals surface area contributed by atoms with Gasteiger partial charge in [-0.05, 0) is 37.6 Å². The number of carbonyl (C=O) groups is 1. The molecule has 0 fully saturated rings. The molecule has 0 saturated heterocycles. The summed E-state index contributed by atoms with van der Waals surface area (Å²) in [5.74, 6) is 0.